The van der Waals surface area contributed by atoms with Crippen LogP contribution >= 0.6 is 0 Å². The van der Waals surface area contributed by atoms with Crippen molar-refractivity contribution in [3.63, 3.8) is 0 Å². The van der Waals surface area contributed by atoms with Gasteiger partial charge in [-0.2, -0.15) is 0 Å². The van der Waals surface area contributed by atoms with Gasteiger partial charge in [0.05, 0.1) is 0 Å². The zero-order valence-corrected chi connectivity index (χ0v) is 10.3. The Balaban J connectivity index is 2.27. The first-order chi connectivity index (χ1) is 7.99. The first kappa shape index (κ1) is 11.8. The van der Waals surface area contributed by atoms with E-state index >= 15 is 0 Å². The van der Waals surface area contributed by atoms with E-state index in [0.717, 1.165) is 5.56 Å². The van der Waals surface area contributed by atoms with Gasteiger partial charge in [-0.05, 0) is 39.5 Å². The number of rotatable bonds is 4. The van der Waals surface area contributed by atoms with Crippen molar-refractivity contribution < 1.29 is 9.90 Å². The van der Waals surface area contributed by atoms with Crippen LogP contribution in [0.5, 0.6) is 0 Å². The minimum atomic E-state index is -1.09. The molecule has 1 saturated carbocycles. The molecule has 5 heteroatoms. The highest BCUT2D eigenvalue weighted by Crippen LogP contribution is 2.34. The maximum atomic E-state index is 10.9. The Morgan fingerprint density at radius 2 is 2.06 bits per heavy atom. The molecule has 0 saturated heterocycles. The molecule has 1 fully saturated rings. The van der Waals surface area contributed by atoms with E-state index in [0.29, 0.717) is 23.5 Å². The van der Waals surface area contributed by atoms with Gasteiger partial charge in [0.1, 0.15) is 5.82 Å². The van der Waals surface area contributed by atoms with E-state index in [-0.39, 0.29) is 5.82 Å². The zero-order valence-electron chi connectivity index (χ0n) is 10.3. The van der Waals surface area contributed by atoms with Crippen LogP contribution in [-0.2, 0) is 0 Å². The van der Waals surface area contributed by atoms with Crippen molar-refractivity contribution in [2.75, 3.05) is 5.32 Å². The Kier molecular flexibility index (Phi) is 3.00. The second-order valence-corrected chi connectivity index (χ2v) is 4.68. The number of carbonyl (C=O) groups is 1. The third-order valence-corrected chi connectivity index (χ3v) is 3.27. The van der Waals surface area contributed by atoms with Crippen molar-refractivity contribution in [3.05, 3.63) is 17.1 Å². The lowest BCUT2D eigenvalue weighted by atomic mass is 10.2. The summed E-state index contributed by atoms with van der Waals surface area (Å²) in [6.07, 6.45) is 2.48. The molecule has 1 heterocycles. The maximum Gasteiger partial charge on any atom is 0.374 e. The Morgan fingerprint density at radius 1 is 1.41 bits per heavy atom. The highest BCUT2D eigenvalue weighted by atomic mass is 16.4. The molecule has 2 N–H and O–H groups in total. The summed E-state index contributed by atoms with van der Waals surface area (Å²) < 4.78 is 0. The number of aryl methyl sites for hydroxylation is 1. The van der Waals surface area contributed by atoms with Gasteiger partial charge in [-0.3, -0.25) is 0 Å². The van der Waals surface area contributed by atoms with Gasteiger partial charge in [-0.25, -0.2) is 14.8 Å². The van der Waals surface area contributed by atoms with Crippen molar-refractivity contribution >= 4 is 11.8 Å². The molecule has 0 unspecified atom stereocenters. The normalized spacial score (nSPS) is 16.6. The van der Waals surface area contributed by atoms with E-state index in [4.69, 9.17) is 5.11 Å². The van der Waals surface area contributed by atoms with Crippen molar-refractivity contribution in [3.8, 4) is 0 Å². The van der Waals surface area contributed by atoms with Crippen LogP contribution in [0, 0.1) is 19.8 Å². The molecule has 5 nitrogen and oxygen atoms in total. The fourth-order valence-electron chi connectivity index (χ4n) is 1.79. The van der Waals surface area contributed by atoms with E-state index in [9.17, 15) is 4.79 Å². The quantitative estimate of drug-likeness (QED) is 0.834. The molecule has 0 bridgehead atoms. The fourth-order valence-corrected chi connectivity index (χ4v) is 1.79. The summed E-state index contributed by atoms with van der Waals surface area (Å²) in [7, 11) is 0. The van der Waals surface area contributed by atoms with Crippen LogP contribution in [0.1, 0.15) is 41.6 Å². The summed E-state index contributed by atoms with van der Waals surface area (Å²) in [6, 6.07) is 0.338. The van der Waals surface area contributed by atoms with Crippen molar-refractivity contribution in [2.24, 2.45) is 5.92 Å². The van der Waals surface area contributed by atoms with Gasteiger partial charge in [0.25, 0.3) is 0 Å². The molecule has 0 aromatic carbocycles. The predicted octanol–water partition coefficient (Wildman–Crippen LogP) is 2.00. The lowest BCUT2D eigenvalue weighted by molar-refractivity contribution is 0.0683. The van der Waals surface area contributed by atoms with E-state index in [2.05, 4.69) is 22.2 Å². The van der Waals surface area contributed by atoms with Crippen LogP contribution in [0.25, 0.3) is 0 Å². The number of anilines is 1. The highest BCUT2D eigenvalue weighted by Gasteiger charge is 2.28. The summed E-state index contributed by atoms with van der Waals surface area (Å²) in [5, 5.41) is 12.2. The van der Waals surface area contributed by atoms with Crippen LogP contribution in [0.3, 0.4) is 0 Å². The van der Waals surface area contributed by atoms with E-state index in [1.807, 2.05) is 6.92 Å². The zero-order chi connectivity index (χ0) is 12.6. The average molecular weight is 235 g/mol. The molecule has 1 aliphatic rings. The first-order valence-electron chi connectivity index (χ1n) is 5.84. The molecule has 0 aliphatic heterocycles. The summed E-state index contributed by atoms with van der Waals surface area (Å²) in [5.41, 5.74) is 1.63. The average Bonchev–Trinajstić information content (AvgIpc) is 3.07. The Morgan fingerprint density at radius 3 is 2.59 bits per heavy atom. The lowest BCUT2D eigenvalue weighted by Gasteiger charge is -2.16. The van der Waals surface area contributed by atoms with Gasteiger partial charge in [0.15, 0.2) is 0 Å². The standard InChI is InChI=1S/C12H17N3O2/c1-6-7(2)13-11(12(16)17)15-10(6)14-8(3)9-4-5-9/h8-9H,4-5H2,1-3H3,(H,16,17)(H,13,14,15)/t8-/m1/s1. The van der Waals surface area contributed by atoms with Gasteiger partial charge < -0.3 is 10.4 Å². The molecule has 0 spiro atoms. The summed E-state index contributed by atoms with van der Waals surface area (Å²) in [5.74, 6) is 0.112. The van der Waals surface area contributed by atoms with Gasteiger partial charge >= 0.3 is 5.97 Å². The number of nitrogens with zero attached hydrogens (tertiary/aromatic N) is 2. The van der Waals surface area contributed by atoms with Crippen LogP contribution < -0.4 is 5.32 Å². The first-order valence-corrected chi connectivity index (χ1v) is 5.84. The van der Waals surface area contributed by atoms with E-state index in [1.54, 1.807) is 6.92 Å². The number of aromatic nitrogens is 2. The predicted molar refractivity (Wildman–Crippen MR) is 64.3 cm³/mol. The monoisotopic (exact) mass is 235 g/mol. The molecule has 92 valence electrons. The third-order valence-electron chi connectivity index (χ3n) is 3.27. The largest absolute Gasteiger partial charge is 0.475 e. The van der Waals surface area contributed by atoms with Gasteiger partial charge in [0, 0.05) is 17.3 Å². The van der Waals surface area contributed by atoms with Crippen molar-refractivity contribution in [2.45, 2.75) is 39.7 Å². The lowest BCUT2D eigenvalue weighted by Crippen LogP contribution is -2.21. The Hall–Kier alpha value is -1.65. The number of carboxylic acid groups (broad SMARTS) is 1. The van der Waals surface area contributed by atoms with Crippen molar-refractivity contribution in [1.82, 2.24) is 9.97 Å². The molecule has 2 rings (SSSR count). The Labute approximate surface area is 100 Å². The second kappa shape index (κ2) is 4.31. The van der Waals surface area contributed by atoms with Crippen LogP contribution in [0.2, 0.25) is 0 Å². The third kappa shape index (κ3) is 2.54. The molecule has 1 atom stereocenters. The van der Waals surface area contributed by atoms with E-state index in [1.165, 1.54) is 12.8 Å². The summed E-state index contributed by atoms with van der Waals surface area (Å²) in [6.45, 7) is 5.81. The molecule has 1 aliphatic carbocycles. The molecule has 17 heavy (non-hydrogen) atoms. The van der Waals surface area contributed by atoms with Gasteiger partial charge in [0.2, 0.25) is 5.82 Å². The van der Waals surface area contributed by atoms with E-state index < -0.39 is 5.97 Å². The van der Waals surface area contributed by atoms with Gasteiger partial charge in [-0.1, -0.05) is 0 Å². The topological polar surface area (TPSA) is 75.1 Å². The SMILES string of the molecule is Cc1nc(C(=O)O)nc(N[C@H](C)C2CC2)c1C. The van der Waals surface area contributed by atoms with Crippen LogP contribution in [0.15, 0.2) is 0 Å². The molecule has 0 radical (unpaired) electrons. The Bertz CT molecular complexity index is 455. The molecule has 1 aromatic rings. The minimum Gasteiger partial charge on any atom is -0.475 e. The molecular formula is C12H17N3O2. The molecule has 1 aromatic heterocycles. The summed E-state index contributed by atoms with van der Waals surface area (Å²) >= 11 is 0. The fraction of sp³-hybridized carbons (Fsp3) is 0.583. The van der Waals surface area contributed by atoms with Crippen LogP contribution in [0.4, 0.5) is 5.82 Å². The summed E-state index contributed by atoms with van der Waals surface area (Å²) in [4.78, 5) is 18.9. The number of hydrogen-bond donors (Lipinski definition) is 2. The highest BCUT2D eigenvalue weighted by molar-refractivity contribution is 5.83. The number of aromatic carboxylic acids is 1. The number of nitrogens with one attached hydrogen (secondary N) is 1. The maximum absolute atomic E-state index is 10.9. The van der Waals surface area contributed by atoms with Crippen molar-refractivity contribution in [1.29, 1.82) is 0 Å². The van der Waals surface area contributed by atoms with Crippen LogP contribution in [-0.4, -0.2) is 27.1 Å². The smallest absolute Gasteiger partial charge is 0.374 e. The minimum absolute atomic E-state index is 0.140. The number of hydrogen-bond acceptors (Lipinski definition) is 4. The second-order valence-electron chi connectivity index (χ2n) is 4.68. The molecular weight excluding hydrogens is 218 g/mol. The number of carboxylic acids is 1. The molecule has 0 amide bonds. The van der Waals surface area contributed by atoms with Gasteiger partial charge in [-0.15, -0.1) is 0 Å².